The maximum Gasteiger partial charge on any atom is 0.341 e. The summed E-state index contributed by atoms with van der Waals surface area (Å²) in [6, 6.07) is 8.82. The molecule has 1 aromatic heterocycles. The van der Waals surface area contributed by atoms with Crippen molar-refractivity contribution in [1.82, 2.24) is 9.97 Å². The Kier molecular flexibility index (Phi) is 4.32. The summed E-state index contributed by atoms with van der Waals surface area (Å²) in [5, 5.41) is -0.325. The number of carbonyl (C=O) groups is 1. The van der Waals surface area contributed by atoms with Crippen molar-refractivity contribution < 1.29 is 17.9 Å². The number of sulfone groups is 1. The van der Waals surface area contributed by atoms with Crippen LogP contribution in [0, 0.1) is 0 Å². The second kappa shape index (κ2) is 6.01. The van der Waals surface area contributed by atoms with E-state index in [0.717, 1.165) is 6.26 Å². The number of hydrogen-bond acceptors (Lipinski definition) is 6. The fraction of sp³-hybridized carbons (Fsp3) is 0.214. The van der Waals surface area contributed by atoms with Crippen molar-refractivity contribution in [1.29, 1.82) is 0 Å². The summed E-state index contributed by atoms with van der Waals surface area (Å²) < 4.78 is 28.1. The van der Waals surface area contributed by atoms with E-state index in [1.807, 2.05) is 6.07 Å². The van der Waals surface area contributed by atoms with E-state index in [1.54, 1.807) is 31.2 Å². The van der Waals surface area contributed by atoms with Gasteiger partial charge in [-0.2, -0.15) is 0 Å². The molecule has 0 N–H and O–H groups in total. The van der Waals surface area contributed by atoms with E-state index < -0.39 is 15.8 Å². The van der Waals surface area contributed by atoms with Gasteiger partial charge in [-0.15, -0.1) is 0 Å². The van der Waals surface area contributed by atoms with Crippen LogP contribution in [-0.4, -0.2) is 37.2 Å². The van der Waals surface area contributed by atoms with Gasteiger partial charge in [0.05, 0.1) is 12.3 Å². The first kappa shape index (κ1) is 15.1. The normalized spacial score (nSPS) is 11.1. The number of hydrogen-bond donors (Lipinski definition) is 0. The Bertz CT molecular complexity index is 758. The quantitative estimate of drug-likeness (QED) is 0.631. The summed E-state index contributed by atoms with van der Waals surface area (Å²) >= 11 is 0. The molecule has 21 heavy (non-hydrogen) atoms. The minimum atomic E-state index is -3.56. The average Bonchev–Trinajstić information content (AvgIpc) is 2.47. The van der Waals surface area contributed by atoms with Crippen LogP contribution in [0.15, 0.2) is 41.7 Å². The number of esters is 1. The molecule has 0 bridgehead atoms. The van der Waals surface area contributed by atoms with Gasteiger partial charge in [0.1, 0.15) is 5.56 Å². The summed E-state index contributed by atoms with van der Waals surface area (Å²) in [4.78, 5) is 19.7. The minimum Gasteiger partial charge on any atom is -0.462 e. The number of aromatic nitrogens is 2. The average molecular weight is 306 g/mol. The predicted octanol–water partition coefficient (Wildman–Crippen LogP) is 1.72. The monoisotopic (exact) mass is 306 g/mol. The molecule has 0 radical (unpaired) electrons. The number of ether oxygens (including phenoxy) is 1. The van der Waals surface area contributed by atoms with Crippen LogP contribution in [0.25, 0.3) is 11.3 Å². The molecule has 6 nitrogen and oxygen atoms in total. The molecular formula is C14H14N2O4S. The highest BCUT2D eigenvalue weighted by Crippen LogP contribution is 2.22. The second-order valence-corrected chi connectivity index (χ2v) is 6.18. The second-order valence-electron chi connectivity index (χ2n) is 4.27. The Balaban J connectivity index is 2.64. The van der Waals surface area contributed by atoms with Crippen LogP contribution in [0.1, 0.15) is 17.3 Å². The fourth-order valence-electron chi connectivity index (χ4n) is 1.72. The lowest BCUT2D eigenvalue weighted by Crippen LogP contribution is -2.12. The topological polar surface area (TPSA) is 86.2 Å². The third kappa shape index (κ3) is 3.43. The van der Waals surface area contributed by atoms with E-state index in [1.165, 1.54) is 6.20 Å². The molecular weight excluding hydrogens is 292 g/mol. The van der Waals surface area contributed by atoms with Crippen molar-refractivity contribution in [3.8, 4) is 11.3 Å². The largest absolute Gasteiger partial charge is 0.462 e. The van der Waals surface area contributed by atoms with Gasteiger partial charge in [-0.25, -0.2) is 23.2 Å². The molecule has 2 aromatic rings. The van der Waals surface area contributed by atoms with Crippen molar-refractivity contribution in [2.75, 3.05) is 12.9 Å². The molecule has 1 aromatic carbocycles. The van der Waals surface area contributed by atoms with E-state index >= 15 is 0 Å². The Hall–Kier alpha value is -2.28. The Morgan fingerprint density at radius 3 is 2.48 bits per heavy atom. The Labute approximate surface area is 122 Å². The van der Waals surface area contributed by atoms with E-state index in [4.69, 9.17) is 4.74 Å². The lowest BCUT2D eigenvalue weighted by molar-refractivity contribution is 0.0526. The van der Waals surface area contributed by atoms with Gasteiger partial charge >= 0.3 is 5.97 Å². The molecule has 0 atom stereocenters. The SMILES string of the molecule is CCOC(=O)c1cnc(S(C)(=O)=O)nc1-c1ccccc1. The first-order valence-corrected chi connectivity index (χ1v) is 8.12. The molecule has 110 valence electrons. The third-order valence-electron chi connectivity index (χ3n) is 2.64. The molecule has 0 aliphatic carbocycles. The van der Waals surface area contributed by atoms with Gasteiger partial charge in [-0.05, 0) is 6.92 Å². The van der Waals surface area contributed by atoms with Crippen LogP contribution in [-0.2, 0) is 14.6 Å². The van der Waals surface area contributed by atoms with Crippen LogP contribution in [0.2, 0.25) is 0 Å². The van der Waals surface area contributed by atoms with E-state index in [0.29, 0.717) is 5.56 Å². The highest BCUT2D eigenvalue weighted by atomic mass is 32.2. The summed E-state index contributed by atoms with van der Waals surface area (Å²) in [6.07, 6.45) is 2.20. The minimum absolute atomic E-state index is 0.135. The number of benzene rings is 1. The van der Waals surface area contributed by atoms with Crippen molar-refractivity contribution in [3.05, 3.63) is 42.1 Å². The lowest BCUT2D eigenvalue weighted by Gasteiger charge is -2.09. The Morgan fingerprint density at radius 1 is 1.24 bits per heavy atom. The van der Waals surface area contributed by atoms with E-state index in [2.05, 4.69) is 9.97 Å². The highest BCUT2D eigenvalue weighted by molar-refractivity contribution is 7.90. The third-order valence-corrected chi connectivity index (χ3v) is 3.50. The molecule has 0 amide bonds. The van der Waals surface area contributed by atoms with Gasteiger partial charge in [-0.3, -0.25) is 0 Å². The van der Waals surface area contributed by atoms with Crippen molar-refractivity contribution in [3.63, 3.8) is 0 Å². The molecule has 0 saturated carbocycles. The van der Waals surface area contributed by atoms with Crippen molar-refractivity contribution in [2.24, 2.45) is 0 Å². The lowest BCUT2D eigenvalue weighted by atomic mass is 10.1. The van der Waals surface area contributed by atoms with Crippen LogP contribution in [0.3, 0.4) is 0 Å². The van der Waals surface area contributed by atoms with Gasteiger partial charge in [0.15, 0.2) is 0 Å². The highest BCUT2D eigenvalue weighted by Gasteiger charge is 2.20. The maximum absolute atomic E-state index is 11.9. The molecule has 0 unspecified atom stereocenters. The van der Waals surface area contributed by atoms with Gasteiger partial charge in [0, 0.05) is 18.0 Å². The Morgan fingerprint density at radius 2 is 1.90 bits per heavy atom. The molecule has 0 fully saturated rings. The molecule has 0 saturated heterocycles. The van der Waals surface area contributed by atoms with Crippen LogP contribution in [0.4, 0.5) is 0 Å². The van der Waals surface area contributed by atoms with Gasteiger partial charge < -0.3 is 4.74 Å². The number of nitrogens with zero attached hydrogens (tertiary/aromatic N) is 2. The van der Waals surface area contributed by atoms with Crippen molar-refractivity contribution >= 4 is 15.8 Å². The molecule has 0 aliphatic heterocycles. The molecule has 7 heteroatoms. The molecule has 0 spiro atoms. The van der Waals surface area contributed by atoms with Crippen molar-refractivity contribution in [2.45, 2.75) is 12.1 Å². The number of carbonyl (C=O) groups excluding carboxylic acids is 1. The smallest absolute Gasteiger partial charge is 0.341 e. The molecule has 0 aliphatic rings. The molecule has 1 heterocycles. The summed E-state index contributed by atoms with van der Waals surface area (Å²) in [6.45, 7) is 1.90. The standard InChI is InChI=1S/C14H14N2O4S/c1-3-20-13(17)11-9-15-14(21(2,18)19)16-12(11)10-7-5-4-6-8-10/h4-9H,3H2,1-2H3. The fourth-order valence-corrected chi connectivity index (χ4v) is 2.22. The van der Waals surface area contributed by atoms with Crippen LogP contribution in [0.5, 0.6) is 0 Å². The zero-order chi connectivity index (χ0) is 15.5. The van der Waals surface area contributed by atoms with Crippen LogP contribution < -0.4 is 0 Å². The van der Waals surface area contributed by atoms with Crippen LogP contribution >= 0.6 is 0 Å². The molecule has 2 rings (SSSR count). The first-order chi connectivity index (χ1) is 9.93. The van der Waals surface area contributed by atoms with Gasteiger partial charge in [0.25, 0.3) is 0 Å². The summed E-state index contributed by atoms with van der Waals surface area (Å²) in [5.74, 6) is -0.587. The van der Waals surface area contributed by atoms with Gasteiger partial charge in [-0.1, -0.05) is 30.3 Å². The predicted molar refractivity (Wildman–Crippen MR) is 76.5 cm³/mol. The first-order valence-electron chi connectivity index (χ1n) is 6.23. The van der Waals surface area contributed by atoms with Gasteiger partial charge in [0.2, 0.25) is 15.0 Å². The summed E-state index contributed by atoms with van der Waals surface area (Å²) in [7, 11) is -3.56. The maximum atomic E-state index is 11.9. The van der Waals surface area contributed by atoms with E-state index in [9.17, 15) is 13.2 Å². The van der Waals surface area contributed by atoms with E-state index in [-0.39, 0.29) is 23.0 Å². The number of rotatable bonds is 4. The summed E-state index contributed by atoms with van der Waals surface area (Å²) in [5.41, 5.74) is 0.993. The zero-order valence-corrected chi connectivity index (χ0v) is 12.4. The zero-order valence-electron chi connectivity index (χ0n) is 11.6.